The van der Waals surface area contributed by atoms with Crippen LogP contribution in [-0.2, 0) is 6.42 Å². The van der Waals surface area contributed by atoms with Crippen LogP contribution < -0.4 is 10.5 Å². The van der Waals surface area contributed by atoms with E-state index in [1.807, 2.05) is 38.1 Å². The lowest BCUT2D eigenvalue weighted by Gasteiger charge is -2.12. The maximum Gasteiger partial charge on any atom is 0.122 e. The Balaban J connectivity index is 2.69. The highest BCUT2D eigenvalue weighted by molar-refractivity contribution is 5.34. The molecule has 0 aliphatic heterocycles. The average Bonchev–Trinajstić information content (AvgIpc) is 2.16. The molecule has 0 radical (unpaired) electrons. The number of allylic oxidation sites excluding steroid dienone is 1. The fourth-order valence-corrected chi connectivity index (χ4v) is 1.36. The van der Waals surface area contributed by atoms with Crippen molar-refractivity contribution in [3.63, 3.8) is 0 Å². The summed E-state index contributed by atoms with van der Waals surface area (Å²) in [6.45, 7) is 3.96. The summed E-state index contributed by atoms with van der Waals surface area (Å²) in [6.07, 6.45) is 4.95. The molecule has 0 aliphatic carbocycles. The van der Waals surface area contributed by atoms with Crippen LogP contribution >= 0.6 is 0 Å². The second-order valence-electron chi connectivity index (χ2n) is 4.24. The van der Waals surface area contributed by atoms with Crippen LogP contribution in [0, 0.1) is 0 Å². The van der Waals surface area contributed by atoms with E-state index < -0.39 is 0 Å². The summed E-state index contributed by atoms with van der Waals surface area (Å²) >= 11 is 0. The summed E-state index contributed by atoms with van der Waals surface area (Å²) in [6, 6.07) is 8.02. The zero-order valence-electron chi connectivity index (χ0n) is 9.66. The molecular weight excluding hydrogens is 186 g/mol. The van der Waals surface area contributed by atoms with Crippen LogP contribution in [0.15, 0.2) is 36.4 Å². The first-order valence-corrected chi connectivity index (χ1v) is 5.11. The topological polar surface area (TPSA) is 35.2 Å². The fraction of sp³-hybridized carbons (Fsp3) is 0.385. The third-order valence-corrected chi connectivity index (χ3v) is 2.08. The highest BCUT2D eigenvalue weighted by atomic mass is 16.5. The Morgan fingerprint density at radius 2 is 2.00 bits per heavy atom. The summed E-state index contributed by atoms with van der Waals surface area (Å²) in [5.41, 5.74) is 6.79. The van der Waals surface area contributed by atoms with Gasteiger partial charge >= 0.3 is 0 Å². The van der Waals surface area contributed by atoms with E-state index in [0.717, 1.165) is 12.2 Å². The minimum Gasteiger partial charge on any atom is -0.496 e. The van der Waals surface area contributed by atoms with E-state index in [0.29, 0.717) is 0 Å². The molecule has 15 heavy (non-hydrogen) atoms. The third-order valence-electron chi connectivity index (χ3n) is 2.08. The number of hydrogen-bond acceptors (Lipinski definition) is 2. The summed E-state index contributed by atoms with van der Waals surface area (Å²) in [5.74, 6) is 0.928. The van der Waals surface area contributed by atoms with Gasteiger partial charge in [0.15, 0.2) is 0 Å². The van der Waals surface area contributed by atoms with Crippen LogP contribution in [0.5, 0.6) is 5.75 Å². The smallest absolute Gasteiger partial charge is 0.122 e. The molecule has 2 heteroatoms. The molecule has 0 saturated carbocycles. The highest BCUT2D eigenvalue weighted by Gasteiger charge is 2.04. The molecule has 0 bridgehead atoms. The molecule has 1 aromatic rings. The van der Waals surface area contributed by atoms with Crippen molar-refractivity contribution in [3.8, 4) is 5.75 Å². The SMILES string of the molecule is COc1ccccc1C/C=C/C(C)(C)N. The van der Waals surface area contributed by atoms with Crippen molar-refractivity contribution < 1.29 is 4.74 Å². The van der Waals surface area contributed by atoms with E-state index in [1.165, 1.54) is 5.56 Å². The lowest BCUT2D eigenvalue weighted by atomic mass is 10.0. The van der Waals surface area contributed by atoms with Crippen LogP contribution in [0.25, 0.3) is 0 Å². The predicted molar refractivity (Wildman–Crippen MR) is 64.1 cm³/mol. The van der Waals surface area contributed by atoms with Gasteiger partial charge in [0.25, 0.3) is 0 Å². The lowest BCUT2D eigenvalue weighted by Crippen LogP contribution is -2.28. The molecule has 0 amide bonds. The van der Waals surface area contributed by atoms with Gasteiger partial charge in [-0.05, 0) is 31.9 Å². The summed E-state index contributed by atoms with van der Waals surface area (Å²) in [7, 11) is 1.69. The predicted octanol–water partition coefficient (Wildman–Crippen LogP) is 2.53. The normalized spacial score (nSPS) is 12.0. The first kappa shape index (κ1) is 11.8. The maximum absolute atomic E-state index is 5.85. The Kier molecular flexibility index (Phi) is 3.92. The van der Waals surface area contributed by atoms with Crippen molar-refractivity contribution in [1.82, 2.24) is 0 Å². The van der Waals surface area contributed by atoms with E-state index in [1.54, 1.807) is 7.11 Å². The number of nitrogens with two attached hydrogens (primary N) is 1. The Labute approximate surface area is 91.7 Å². The van der Waals surface area contributed by atoms with Gasteiger partial charge in [-0.15, -0.1) is 0 Å². The van der Waals surface area contributed by atoms with Crippen LogP contribution in [0.1, 0.15) is 19.4 Å². The zero-order valence-corrected chi connectivity index (χ0v) is 9.66. The van der Waals surface area contributed by atoms with Gasteiger partial charge in [0.05, 0.1) is 7.11 Å². The Hall–Kier alpha value is -1.28. The molecule has 82 valence electrons. The molecule has 0 heterocycles. The number of para-hydroxylation sites is 1. The van der Waals surface area contributed by atoms with E-state index in [-0.39, 0.29) is 5.54 Å². The van der Waals surface area contributed by atoms with Gasteiger partial charge in [-0.25, -0.2) is 0 Å². The Bertz CT molecular complexity index is 337. The number of rotatable bonds is 4. The second kappa shape index (κ2) is 4.99. The number of methoxy groups -OCH3 is 1. The van der Waals surface area contributed by atoms with Gasteiger partial charge in [-0.3, -0.25) is 0 Å². The number of ether oxygens (including phenoxy) is 1. The van der Waals surface area contributed by atoms with Crippen molar-refractivity contribution >= 4 is 0 Å². The maximum atomic E-state index is 5.85. The third kappa shape index (κ3) is 4.17. The van der Waals surface area contributed by atoms with Gasteiger partial charge in [-0.2, -0.15) is 0 Å². The minimum absolute atomic E-state index is 0.248. The standard InChI is InChI=1S/C13H19NO/c1-13(2,14)10-6-8-11-7-4-5-9-12(11)15-3/h4-7,9-10H,8,14H2,1-3H3/b10-6+. The molecule has 1 rings (SSSR count). The first-order chi connectivity index (χ1) is 7.03. The fourth-order valence-electron chi connectivity index (χ4n) is 1.36. The Morgan fingerprint density at radius 3 is 2.60 bits per heavy atom. The molecule has 0 saturated heterocycles. The second-order valence-corrected chi connectivity index (χ2v) is 4.24. The first-order valence-electron chi connectivity index (χ1n) is 5.11. The van der Waals surface area contributed by atoms with Gasteiger partial charge in [0.2, 0.25) is 0 Å². The van der Waals surface area contributed by atoms with Crippen molar-refractivity contribution in [3.05, 3.63) is 42.0 Å². The van der Waals surface area contributed by atoms with Crippen molar-refractivity contribution in [2.45, 2.75) is 25.8 Å². The Morgan fingerprint density at radius 1 is 1.33 bits per heavy atom. The number of hydrogen-bond donors (Lipinski definition) is 1. The van der Waals surface area contributed by atoms with Gasteiger partial charge in [0, 0.05) is 5.54 Å². The quantitative estimate of drug-likeness (QED) is 0.767. The van der Waals surface area contributed by atoms with Crippen LogP contribution in [-0.4, -0.2) is 12.6 Å². The largest absolute Gasteiger partial charge is 0.496 e. The molecule has 0 unspecified atom stereocenters. The molecule has 2 nitrogen and oxygen atoms in total. The van der Waals surface area contributed by atoms with Gasteiger partial charge in [-0.1, -0.05) is 30.4 Å². The molecule has 0 spiro atoms. The van der Waals surface area contributed by atoms with Crippen molar-refractivity contribution in [2.24, 2.45) is 5.73 Å². The number of benzene rings is 1. The minimum atomic E-state index is -0.248. The molecular formula is C13H19NO. The van der Waals surface area contributed by atoms with Gasteiger partial charge in [0.1, 0.15) is 5.75 Å². The van der Waals surface area contributed by atoms with Crippen molar-refractivity contribution in [1.29, 1.82) is 0 Å². The van der Waals surface area contributed by atoms with E-state index in [9.17, 15) is 0 Å². The molecule has 0 atom stereocenters. The lowest BCUT2D eigenvalue weighted by molar-refractivity contribution is 0.410. The summed E-state index contributed by atoms with van der Waals surface area (Å²) < 4.78 is 5.26. The van der Waals surface area contributed by atoms with Crippen LogP contribution in [0.2, 0.25) is 0 Å². The molecule has 0 aliphatic rings. The summed E-state index contributed by atoms with van der Waals surface area (Å²) in [4.78, 5) is 0. The van der Waals surface area contributed by atoms with Crippen LogP contribution in [0.4, 0.5) is 0 Å². The van der Waals surface area contributed by atoms with E-state index in [4.69, 9.17) is 10.5 Å². The average molecular weight is 205 g/mol. The van der Waals surface area contributed by atoms with E-state index >= 15 is 0 Å². The highest BCUT2D eigenvalue weighted by Crippen LogP contribution is 2.18. The molecule has 0 aromatic heterocycles. The van der Waals surface area contributed by atoms with Crippen LogP contribution in [0.3, 0.4) is 0 Å². The van der Waals surface area contributed by atoms with Crippen molar-refractivity contribution in [2.75, 3.05) is 7.11 Å². The molecule has 2 N–H and O–H groups in total. The zero-order chi connectivity index (χ0) is 11.3. The monoisotopic (exact) mass is 205 g/mol. The summed E-state index contributed by atoms with van der Waals surface area (Å²) in [5, 5.41) is 0. The molecule has 1 aromatic carbocycles. The van der Waals surface area contributed by atoms with Gasteiger partial charge < -0.3 is 10.5 Å². The molecule has 0 fully saturated rings. The van der Waals surface area contributed by atoms with E-state index in [2.05, 4.69) is 12.1 Å².